The summed E-state index contributed by atoms with van der Waals surface area (Å²) in [6.07, 6.45) is 0. The molecule has 0 spiro atoms. The van der Waals surface area contributed by atoms with E-state index in [0.717, 1.165) is 16.8 Å². The Bertz CT molecular complexity index is 913. The average Bonchev–Trinajstić information content (AvgIpc) is 2.72. The van der Waals surface area contributed by atoms with Crippen LogP contribution in [0.25, 0.3) is 0 Å². The summed E-state index contributed by atoms with van der Waals surface area (Å²) < 4.78 is 0. The van der Waals surface area contributed by atoms with Crippen LogP contribution in [0.3, 0.4) is 0 Å². The molecule has 160 valence electrons. The number of azo groups is 1. The van der Waals surface area contributed by atoms with Crippen molar-refractivity contribution < 1.29 is 9.59 Å². The number of nitrogens with zero attached hydrogens (tertiary/aromatic N) is 2. The molecule has 2 N–H and O–H groups in total. The molecule has 0 radical (unpaired) electrons. The number of carbonyl (C=O) groups is 2. The quantitative estimate of drug-likeness (QED) is 0.344. The zero-order chi connectivity index (χ0) is 22.4. The topological polar surface area (TPSA) is 82.9 Å². The molecule has 2 amide bonds. The molecule has 0 aliphatic heterocycles. The lowest BCUT2D eigenvalue weighted by Gasteiger charge is -2.26. The van der Waals surface area contributed by atoms with Gasteiger partial charge in [0.15, 0.2) is 0 Å². The Morgan fingerprint density at radius 3 is 1.73 bits per heavy atom. The van der Waals surface area contributed by atoms with Crippen molar-refractivity contribution in [3.8, 4) is 0 Å². The minimum atomic E-state index is -0.617. The lowest BCUT2D eigenvalue weighted by molar-refractivity contribution is -0.123. The van der Waals surface area contributed by atoms with Crippen LogP contribution in [0.1, 0.15) is 38.8 Å². The van der Waals surface area contributed by atoms with Crippen LogP contribution in [0.15, 0.2) is 58.8 Å². The van der Waals surface area contributed by atoms with Crippen LogP contribution in [0.5, 0.6) is 0 Å². The van der Waals surface area contributed by atoms with Crippen LogP contribution in [0, 0.1) is 0 Å². The molecule has 30 heavy (non-hydrogen) atoms. The molecule has 0 aliphatic carbocycles. The maximum atomic E-state index is 12.3. The lowest BCUT2D eigenvalue weighted by Crippen LogP contribution is -2.38. The maximum Gasteiger partial charge on any atom is 0.242 e. The maximum absolute atomic E-state index is 12.3. The van der Waals surface area contributed by atoms with Crippen LogP contribution in [-0.4, -0.2) is 11.6 Å². The second-order valence-corrected chi connectivity index (χ2v) is 10.8. The van der Waals surface area contributed by atoms with Gasteiger partial charge in [0.2, 0.25) is 11.6 Å². The van der Waals surface area contributed by atoms with Crippen LogP contribution in [-0.2, 0) is 15.7 Å². The number of nitrogens with one attached hydrogen (secondary N) is 2. The van der Waals surface area contributed by atoms with Gasteiger partial charge in [0.05, 0.1) is 22.3 Å². The number of carbonyl (C=O) groups excluding carboxylic acids is 2. The van der Waals surface area contributed by atoms with Gasteiger partial charge in [0.25, 0.3) is 0 Å². The van der Waals surface area contributed by atoms with Crippen molar-refractivity contribution in [2.45, 2.75) is 38.6 Å². The molecule has 4 atom stereocenters. The molecular formula is C20H28N4O2P4. The van der Waals surface area contributed by atoms with E-state index < -0.39 is 11.0 Å². The summed E-state index contributed by atoms with van der Waals surface area (Å²) in [6.45, 7) is 7.73. The molecule has 2 rings (SSSR count). The zero-order valence-electron chi connectivity index (χ0n) is 17.5. The Hall–Kier alpha value is -1.30. The highest BCUT2D eigenvalue weighted by molar-refractivity contribution is 8.11. The standard InChI is InChI=1S/C20H28N4O2P4/c1-19(2,17(25)24-30-28)13-5-9-15(10-6-13)22-23-16-11-7-14(8-12-16)20(3,4)21-18(26)29-27/h5-12,29-30H,27-28H2,1-4H3,(H,21,26)(H,24,25). The summed E-state index contributed by atoms with van der Waals surface area (Å²) >= 11 is 0. The summed E-state index contributed by atoms with van der Waals surface area (Å²) in [5.74, 6) is -0.0115. The number of amides is 2. The molecule has 0 saturated heterocycles. The molecule has 2 aromatic rings. The highest BCUT2D eigenvalue weighted by Gasteiger charge is 2.29. The Labute approximate surface area is 186 Å². The predicted octanol–water partition coefficient (Wildman–Crippen LogP) is 6.29. The molecule has 0 fully saturated rings. The van der Waals surface area contributed by atoms with E-state index in [-0.39, 0.29) is 19.8 Å². The molecule has 0 aromatic heterocycles. The van der Waals surface area contributed by atoms with Crippen molar-refractivity contribution in [2.24, 2.45) is 10.2 Å². The number of benzene rings is 2. The SMILES string of the molecule is CC(C)(NC(=O)PP)c1ccc(N=Nc2ccc(C(C)(C)C(=O)NPP)cc2)cc1. The smallest absolute Gasteiger partial charge is 0.242 e. The summed E-state index contributed by atoms with van der Waals surface area (Å²) in [7, 11) is 5.40. The van der Waals surface area contributed by atoms with E-state index in [9.17, 15) is 9.59 Å². The second-order valence-electron chi connectivity index (χ2n) is 7.74. The molecule has 0 heterocycles. The molecular weight excluding hydrogens is 452 g/mol. The minimum absolute atomic E-state index is 0.00636. The van der Waals surface area contributed by atoms with E-state index in [1.807, 2.05) is 76.2 Å². The van der Waals surface area contributed by atoms with Crippen molar-refractivity contribution in [3.05, 3.63) is 59.7 Å². The third-order valence-corrected chi connectivity index (χ3v) is 6.75. The fourth-order valence-electron chi connectivity index (χ4n) is 2.75. The summed E-state index contributed by atoms with van der Waals surface area (Å²) in [5.41, 5.74) is 2.28. The normalized spacial score (nSPS) is 12.9. The van der Waals surface area contributed by atoms with Crippen LogP contribution < -0.4 is 10.4 Å². The molecule has 0 saturated carbocycles. The van der Waals surface area contributed by atoms with E-state index >= 15 is 0 Å². The predicted molar refractivity (Wildman–Crippen MR) is 136 cm³/mol. The Morgan fingerprint density at radius 1 is 0.833 bits per heavy atom. The number of rotatable bonds is 8. The fraction of sp³-hybridized carbons (Fsp3) is 0.300. The van der Waals surface area contributed by atoms with Gasteiger partial charge in [-0.25, -0.2) is 0 Å². The zero-order valence-corrected chi connectivity index (χ0v) is 21.8. The Balaban J connectivity index is 2.09. The van der Waals surface area contributed by atoms with Crippen LogP contribution in [0.4, 0.5) is 16.2 Å². The van der Waals surface area contributed by atoms with E-state index in [2.05, 4.69) is 38.5 Å². The van der Waals surface area contributed by atoms with Crippen molar-refractivity contribution >= 4 is 57.5 Å². The summed E-state index contributed by atoms with van der Waals surface area (Å²) in [5, 5.41) is 14.4. The summed E-state index contributed by atoms with van der Waals surface area (Å²) in [6, 6.07) is 15.2. The van der Waals surface area contributed by atoms with Gasteiger partial charge in [-0.2, -0.15) is 10.2 Å². The van der Waals surface area contributed by atoms with Crippen molar-refractivity contribution in [1.29, 1.82) is 0 Å². The van der Waals surface area contributed by atoms with Gasteiger partial charge in [0.1, 0.15) is 0 Å². The van der Waals surface area contributed by atoms with Crippen LogP contribution >= 0.6 is 34.5 Å². The van der Waals surface area contributed by atoms with E-state index in [1.165, 1.54) is 0 Å². The third-order valence-electron chi connectivity index (χ3n) is 4.77. The first-order valence-electron chi connectivity index (χ1n) is 9.28. The highest BCUT2D eigenvalue weighted by atomic mass is 32.0. The lowest BCUT2D eigenvalue weighted by atomic mass is 9.84. The third kappa shape index (κ3) is 6.60. The first kappa shape index (κ1) is 25.0. The fourth-order valence-corrected chi connectivity index (χ4v) is 4.19. The molecule has 10 heteroatoms. The highest BCUT2D eigenvalue weighted by Crippen LogP contribution is 2.30. The van der Waals surface area contributed by atoms with Gasteiger partial charge in [0, 0.05) is 0 Å². The molecule has 2 aromatic carbocycles. The minimum Gasteiger partial charge on any atom is -0.344 e. The molecule has 6 nitrogen and oxygen atoms in total. The van der Waals surface area contributed by atoms with Gasteiger partial charge in [-0.3, -0.25) is 9.59 Å². The van der Waals surface area contributed by atoms with Crippen molar-refractivity contribution in [1.82, 2.24) is 10.4 Å². The van der Waals surface area contributed by atoms with Crippen LogP contribution in [0.2, 0.25) is 0 Å². The van der Waals surface area contributed by atoms with Gasteiger partial charge in [-0.1, -0.05) is 33.2 Å². The molecule has 0 bridgehead atoms. The Kier molecular flexibility index (Phi) is 9.01. The summed E-state index contributed by atoms with van der Waals surface area (Å²) in [4.78, 5) is 24.0. The van der Waals surface area contributed by atoms with Crippen molar-refractivity contribution in [3.63, 3.8) is 0 Å². The molecule has 0 aliphatic rings. The van der Waals surface area contributed by atoms with Crippen molar-refractivity contribution in [2.75, 3.05) is 0 Å². The van der Waals surface area contributed by atoms with Gasteiger partial charge < -0.3 is 10.4 Å². The van der Waals surface area contributed by atoms with E-state index in [1.54, 1.807) is 0 Å². The molecule has 4 unspecified atom stereocenters. The largest absolute Gasteiger partial charge is 0.344 e. The second kappa shape index (κ2) is 10.8. The average molecular weight is 480 g/mol. The first-order chi connectivity index (χ1) is 14.1. The first-order valence-corrected chi connectivity index (χ1v) is 14.9. The number of hydrogen-bond acceptors (Lipinski definition) is 4. The monoisotopic (exact) mass is 480 g/mol. The van der Waals surface area contributed by atoms with E-state index in [0.29, 0.717) is 14.1 Å². The number of hydrogen-bond donors (Lipinski definition) is 2. The Morgan fingerprint density at radius 2 is 1.30 bits per heavy atom. The van der Waals surface area contributed by atoms with Gasteiger partial charge in [-0.15, -0.1) is 8.93 Å². The van der Waals surface area contributed by atoms with E-state index in [4.69, 9.17) is 0 Å². The van der Waals surface area contributed by atoms with Gasteiger partial charge in [-0.05, 0) is 79.8 Å². The van der Waals surface area contributed by atoms with Gasteiger partial charge >= 0.3 is 0 Å².